The summed E-state index contributed by atoms with van der Waals surface area (Å²) in [6, 6.07) is 14.5. The molecule has 0 amide bonds. The second kappa shape index (κ2) is 4.24. The van der Waals surface area contributed by atoms with Crippen LogP contribution in [0.4, 0.5) is 0 Å². The third-order valence-electron chi connectivity index (χ3n) is 3.13. The second-order valence-electron chi connectivity index (χ2n) is 4.54. The minimum absolute atomic E-state index is 0.304. The molecule has 3 rings (SSSR count). The molecule has 0 fully saturated rings. The predicted molar refractivity (Wildman–Crippen MR) is 75.7 cm³/mol. The zero-order valence-electron chi connectivity index (χ0n) is 10.4. The predicted octanol–water partition coefficient (Wildman–Crippen LogP) is 3.19. The van der Waals surface area contributed by atoms with Crippen molar-refractivity contribution in [3.05, 3.63) is 66.5 Å². The van der Waals surface area contributed by atoms with E-state index in [-0.39, 0.29) is 0 Å². The van der Waals surface area contributed by atoms with E-state index in [0.717, 1.165) is 16.3 Å². The summed E-state index contributed by atoms with van der Waals surface area (Å²) in [5, 5.41) is 1.83. The molecule has 0 aliphatic rings. The lowest BCUT2D eigenvalue weighted by molar-refractivity contribution is 0.587. The van der Waals surface area contributed by atoms with E-state index in [4.69, 9.17) is 0 Å². The maximum atomic E-state index is 12.5. The van der Waals surface area contributed by atoms with Gasteiger partial charge in [-0.2, -0.15) is 0 Å². The van der Waals surface area contributed by atoms with Crippen LogP contribution >= 0.6 is 0 Å². The van der Waals surface area contributed by atoms with Crippen LogP contribution in [0.15, 0.2) is 65.8 Å². The van der Waals surface area contributed by atoms with Gasteiger partial charge in [-0.1, -0.05) is 42.0 Å². The number of hydrogen-bond donors (Lipinski definition) is 0. The van der Waals surface area contributed by atoms with Crippen LogP contribution in [0.25, 0.3) is 10.8 Å². The summed E-state index contributed by atoms with van der Waals surface area (Å²) >= 11 is 0. The Balaban J connectivity index is 2.16. The van der Waals surface area contributed by atoms with Crippen LogP contribution in [0.3, 0.4) is 0 Å². The van der Waals surface area contributed by atoms with E-state index in [0.29, 0.717) is 4.90 Å². The van der Waals surface area contributed by atoms with Gasteiger partial charge in [0.25, 0.3) is 10.0 Å². The summed E-state index contributed by atoms with van der Waals surface area (Å²) in [5.41, 5.74) is 1.04. The molecule has 0 N–H and O–H groups in total. The molecule has 0 bridgehead atoms. The summed E-state index contributed by atoms with van der Waals surface area (Å²) in [6.45, 7) is 1.93. The molecule has 0 saturated heterocycles. The quantitative estimate of drug-likeness (QED) is 0.718. The number of benzene rings is 2. The molecule has 1 heterocycles. The Morgan fingerprint density at radius 2 is 1.37 bits per heavy atom. The highest BCUT2D eigenvalue weighted by molar-refractivity contribution is 7.90. The summed E-state index contributed by atoms with van der Waals surface area (Å²) in [5.74, 6) is 0. The third-order valence-corrected chi connectivity index (χ3v) is 4.76. The van der Waals surface area contributed by atoms with Crippen molar-refractivity contribution in [3.63, 3.8) is 0 Å². The molecule has 0 radical (unpaired) electrons. The van der Waals surface area contributed by atoms with Gasteiger partial charge in [0.15, 0.2) is 0 Å². The normalized spacial score (nSPS) is 11.8. The highest BCUT2D eigenvalue weighted by Gasteiger charge is 2.16. The van der Waals surface area contributed by atoms with E-state index < -0.39 is 10.0 Å². The van der Waals surface area contributed by atoms with Crippen molar-refractivity contribution in [1.29, 1.82) is 0 Å². The van der Waals surface area contributed by atoms with Crippen LogP contribution in [-0.2, 0) is 10.0 Å². The van der Waals surface area contributed by atoms with Crippen molar-refractivity contribution in [3.8, 4) is 0 Å². The van der Waals surface area contributed by atoms with E-state index in [9.17, 15) is 8.42 Å². The van der Waals surface area contributed by atoms with E-state index in [1.807, 2.05) is 31.2 Å². The number of rotatable bonds is 2. The average Bonchev–Trinajstić information content (AvgIpc) is 2.83. The van der Waals surface area contributed by atoms with Crippen molar-refractivity contribution in [1.82, 2.24) is 3.97 Å². The Kier molecular flexibility index (Phi) is 2.68. The standard InChI is InChI=1S/C15H13NO2S/c1-12-6-8-15(9-7-12)19(17,18)16-10-13-4-2-3-5-14(13)11-16/h2-11H,1H3. The molecule has 3 aromatic rings. The largest absolute Gasteiger partial charge is 0.267 e. The molecule has 4 heteroatoms. The maximum absolute atomic E-state index is 12.5. The zero-order chi connectivity index (χ0) is 13.5. The number of hydrogen-bond acceptors (Lipinski definition) is 2. The lowest BCUT2D eigenvalue weighted by Gasteiger charge is -2.05. The van der Waals surface area contributed by atoms with Gasteiger partial charge in [-0.25, -0.2) is 12.4 Å². The van der Waals surface area contributed by atoms with Gasteiger partial charge in [-0.15, -0.1) is 0 Å². The molecule has 19 heavy (non-hydrogen) atoms. The van der Waals surface area contributed by atoms with Crippen molar-refractivity contribution >= 4 is 20.8 Å². The zero-order valence-corrected chi connectivity index (χ0v) is 11.3. The van der Waals surface area contributed by atoms with E-state index in [1.165, 1.54) is 3.97 Å². The third kappa shape index (κ3) is 2.04. The lowest BCUT2D eigenvalue weighted by atomic mass is 10.2. The Morgan fingerprint density at radius 1 is 0.842 bits per heavy atom. The molecule has 0 aliphatic heterocycles. The Morgan fingerprint density at radius 3 is 1.89 bits per heavy atom. The summed E-state index contributed by atoms with van der Waals surface area (Å²) in [6.07, 6.45) is 3.29. The summed E-state index contributed by atoms with van der Waals surface area (Å²) in [4.78, 5) is 0.304. The topological polar surface area (TPSA) is 39.1 Å². The van der Waals surface area contributed by atoms with Crippen molar-refractivity contribution in [2.24, 2.45) is 0 Å². The van der Waals surface area contributed by atoms with E-state index in [2.05, 4.69) is 0 Å². The van der Waals surface area contributed by atoms with Crippen molar-refractivity contribution < 1.29 is 8.42 Å². The first-order chi connectivity index (χ1) is 9.07. The van der Waals surface area contributed by atoms with Gasteiger partial charge in [-0.05, 0) is 19.1 Å². The Hall–Kier alpha value is -2.07. The second-order valence-corrected chi connectivity index (χ2v) is 6.38. The van der Waals surface area contributed by atoms with Crippen LogP contribution in [0.2, 0.25) is 0 Å². The molecular weight excluding hydrogens is 258 g/mol. The molecule has 2 aromatic carbocycles. The highest BCUT2D eigenvalue weighted by Crippen LogP contribution is 2.20. The van der Waals surface area contributed by atoms with Crippen LogP contribution in [0, 0.1) is 6.92 Å². The maximum Gasteiger partial charge on any atom is 0.267 e. The molecular formula is C15H13NO2S. The van der Waals surface area contributed by atoms with Crippen LogP contribution in [0.1, 0.15) is 5.56 Å². The fourth-order valence-electron chi connectivity index (χ4n) is 2.03. The Bertz CT molecular complexity index is 797. The first-order valence-corrected chi connectivity index (χ1v) is 7.40. The van der Waals surface area contributed by atoms with Crippen LogP contribution in [-0.4, -0.2) is 12.4 Å². The van der Waals surface area contributed by atoms with Gasteiger partial charge in [-0.3, -0.25) is 0 Å². The van der Waals surface area contributed by atoms with Crippen LogP contribution in [0.5, 0.6) is 0 Å². The molecule has 96 valence electrons. The molecule has 0 atom stereocenters. The van der Waals surface area contributed by atoms with Crippen molar-refractivity contribution in [2.75, 3.05) is 0 Å². The minimum Gasteiger partial charge on any atom is -0.248 e. The number of aromatic nitrogens is 1. The first-order valence-electron chi connectivity index (χ1n) is 5.96. The van der Waals surface area contributed by atoms with Gasteiger partial charge in [0.05, 0.1) is 4.90 Å². The molecule has 0 saturated carbocycles. The summed E-state index contributed by atoms with van der Waals surface area (Å²) < 4.78 is 26.2. The Labute approximate surface area is 112 Å². The minimum atomic E-state index is -3.50. The van der Waals surface area contributed by atoms with Gasteiger partial charge in [0.1, 0.15) is 0 Å². The van der Waals surface area contributed by atoms with Gasteiger partial charge >= 0.3 is 0 Å². The molecule has 3 nitrogen and oxygen atoms in total. The fraction of sp³-hybridized carbons (Fsp3) is 0.0667. The SMILES string of the molecule is Cc1ccc(S(=O)(=O)n2cc3ccccc3c2)cc1. The highest BCUT2D eigenvalue weighted by atomic mass is 32.2. The molecule has 1 aromatic heterocycles. The number of fused-ring (bicyclic) bond motifs is 1. The average molecular weight is 271 g/mol. The van der Waals surface area contributed by atoms with Crippen molar-refractivity contribution in [2.45, 2.75) is 11.8 Å². The number of aryl methyl sites for hydroxylation is 1. The number of nitrogens with zero attached hydrogens (tertiary/aromatic N) is 1. The monoisotopic (exact) mass is 271 g/mol. The van der Waals surface area contributed by atoms with Gasteiger partial charge in [0, 0.05) is 23.2 Å². The van der Waals surface area contributed by atoms with Gasteiger partial charge < -0.3 is 0 Å². The molecule has 0 unspecified atom stereocenters. The lowest BCUT2D eigenvalue weighted by Crippen LogP contribution is -2.10. The first kappa shape index (κ1) is 12.0. The fourth-order valence-corrected chi connectivity index (χ4v) is 3.26. The van der Waals surface area contributed by atoms with E-state index >= 15 is 0 Å². The molecule has 0 spiro atoms. The van der Waals surface area contributed by atoms with E-state index in [1.54, 1.807) is 36.7 Å². The summed E-state index contributed by atoms with van der Waals surface area (Å²) in [7, 11) is -3.50. The van der Waals surface area contributed by atoms with Crippen LogP contribution < -0.4 is 0 Å². The molecule has 0 aliphatic carbocycles. The van der Waals surface area contributed by atoms with Gasteiger partial charge in [0.2, 0.25) is 0 Å². The smallest absolute Gasteiger partial charge is 0.248 e.